The summed E-state index contributed by atoms with van der Waals surface area (Å²) in [5.74, 6) is -1.02. The SMILES string of the molecule is OCc1cccc(Cl)c1OCc1cc(F)cc(F)c1. The highest BCUT2D eigenvalue weighted by Gasteiger charge is 2.09. The van der Waals surface area contributed by atoms with Gasteiger partial charge in [0, 0.05) is 11.6 Å². The van der Waals surface area contributed by atoms with Crippen molar-refractivity contribution in [1.82, 2.24) is 0 Å². The van der Waals surface area contributed by atoms with Gasteiger partial charge in [-0.2, -0.15) is 0 Å². The minimum atomic E-state index is -0.667. The minimum absolute atomic E-state index is 0.0363. The molecular formula is C14H11ClF2O2. The van der Waals surface area contributed by atoms with Crippen molar-refractivity contribution in [3.05, 3.63) is 64.2 Å². The summed E-state index contributed by atoms with van der Waals surface area (Å²) in [4.78, 5) is 0. The minimum Gasteiger partial charge on any atom is -0.487 e. The average molecular weight is 285 g/mol. The molecule has 0 unspecified atom stereocenters. The topological polar surface area (TPSA) is 29.5 Å². The van der Waals surface area contributed by atoms with Gasteiger partial charge < -0.3 is 9.84 Å². The zero-order chi connectivity index (χ0) is 13.8. The highest BCUT2D eigenvalue weighted by atomic mass is 35.5. The van der Waals surface area contributed by atoms with Crippen molar-refractivity contribution < 1.29 is 18.6 Å². The normalized spacial score (nSPS) is 10.5. The van der Waals surface area contributed by atoms with E-state index in [0.29, 0.717) is 21.9 Å². The smallest absolute Gasteiger partial charge is 0.143 e. The number of rotatable bonds is 4. The van der Waals surface area contributed by atoms with Gasteiger partial charge in [0.15, 0.2) is 0 Å². The van der Waals surface area contributed by atoms with Gasteiger partial charge >= 0.3 is 0 Å². The van der Waals surface area contributed by atoms with Gasteiger partial charge in [-0.15, -0.1) is 0 Å². The van der Waals surface area contributed by atoms with Crippen molar-refractivity contribution in [3.8, 4) is 5.75 Å². The molecule has 0 aliphatic carbocycles. The maximum atomic E-state index is 13.0. The van der Waals surface area contributed by atoms with Gasteiger partial charge in [-0.3, -0.25) is 0 Å². The van der Waals surface area contributed by atoms with Gasteiger partial charge in [0.25, 0.3) is 0 Å². The lowest BCUT2D eigenvalue weighted by Crippen LogP contribution is -2.00. The van der Waals surface area contributed by atoms with Gasteiger partial charge in [-0.1, -0.05) is 23.7 Å². The molecule has 0 fully saturated rings. The second-order valence-electron chi connectivity index (χ2n) is 3.95. The molecule has 0 saturated heterocycles. The summed E-state index contributed by atoms with van der Waals surface area (Å²) < 4.78 is 31.5. The Morgan fingerprint density at radius 3 is 2.42 bits per heavy atom. The predicted molar refractivity (Wildman–Crippen MR) is 68.1 cm³/mol. The zero-order valence-electron chi connectivity index (χ0n) is 9.87. The monoisotopic (exact) mass is 284 g/mol. The van der Waals surface area contributed by atoms with Crippen LogP contribution in [0.1, 0.15) is 11.1 Å². The highest BCUT2D eigenvalue weighted by Crippen LogP contribution is 2.29. The molecule has 0 radical (unpaired) electrons. The fraction of sp³-hybridized carbons (Fsp3) is 0.143. The summed E-state index contributed by atoms with van der Waals surface area (Å²) in [6.45, 7) is -0.265. The molecule has 0 aromatic heterocycles. The van der Waals surface area contributed by atoms with Crippen LogP contribution in [0.2, 0.25) is 5.02 Å². The molecule has 0 heterocycles. The average Bonchev–Trinajstić information content (AvgIpc) is 2.36. The van der Waals surface area contributed by atoms with Crippen LogP contribution in [-0.2, 0) is 13.2 Å². The Morgan fingerprint density at radius 2 is 1.79 bits per heavy atom. The van der Waals surface area contributed by atoms with E-state index in [2.05, 4.69) is 0 Å². The van der Waals surface area contributed by atoms with Gasteiger partial charge in [-0.05, 0) is 23.8 Å². The van der Waals surface area contributed by atoms with E-state index in [1.807, 2.05) is 0 Å². The molecule has 0 amide bonds. The van der Waals surface area contributed by atoms with Crippen molar-refractivity contribution in [3.63, 3.8) is 0 Å². The molecule has 0 bridgehead atoms. The molecule has 2 rings (SSSR count). The van der Waals surface area contributed by atoms with Crippen LogP contribution >= 0.6 is 11.6 Å². The first-order valence-corrected chi connectivity index (χ1v) is 5.94. The number of hydrogen-bond donors (Lipinski definition) is 1. The lowest BCUT2D eigenvalue weighted by molar-refractivity contribution is 0.258. The Labute approximate surface area is 114 Å². The Hall–Kier alpha value is -1.65. The van der Waals surface area contributed by atoms with E-state index in [9.17, 15) is 8.78 Å². The van der Waals surface area contributed by atoms with Crippen LogP contribution in [0.4, 0.5) is 8.78 Å². The van der Waals surface area contributed by atoms with Crippen LogP contribution in [0.3, 0.4) is 0 Å². The fourth-order valence-electron chi connectivity index (χ4n) is 1.69. The standard InChI is InChI=1S/C14H11ClF2O2/c15-13-3-1-2-10(7-18)14(13)19-8-9-4-11(16)6-12(17)5-9/h1-6,18H,7-8H2. The van der Waals surface area contributed by atoms with Crippen LogP contribution < -0.4 is 4.74 Å². The van der Waals surface area contributed by atoms with Gasteiger partial charge in [0.1, 0.15) is 24.0 Å². The number of aliphatic hydroxyl groups is 1. The zero-order valence-corrected chi connectivity index (χ0v) is 10.6. The van der Waals surface area contributed by atoms with Gasteiger partial charge in [0.05, 0.1) is 11.6 Å². The van der Waals surface area contributed by atoms with Crippen molar-refractivity contribution in [2.24, 2.45) is 0 Å². The van der Waals surface area contributed by atoms with E-state index in [1.54, 1.807) is 18.2 Å². The quantitative estimate of drug-likeness (QED) is 0.928. The first-order valence-electron chi connectivity index (χ1n) is 5.56. The molecule has 5 heteroatoms. The Balaban J connectivity index is 2.18. The van der Waals surface area contributed by atoms with Crippen molar-refractivity contribution in [1.29, 1.82) is 0 Å². The van der Waals surface area contributed by atoms with Crippen molar-refractivity contribution in [2.45, 2.75) is 13.2 Å². The number of para-hydroxylation sites is 1. The molecule has 19 heavy (non-hydrogen) atoms. The lowest BCUT2D eigenvalue weighted by Gasteiger charge is -2.12. The fourth-order valence-corrected chi connectivity index (χ4v) is 1.94. The predicted octanol–water partition coefficient (Wildman–Crippen LogP) is 3.69. The van der Waals surface area contributed by atoms with E-state index in [-0.39, 0.29) is 13.2 Å². The number of aliphatic hydroxyl groups excluding tert-OH is 1. The summed E-state index contributed by atoms with van der Waals surface area (Å²) >= 11 is 5.95. The van der Waals surface area contributed by atoms with E-state index in [0.717, 1.165) is 6.07 Å². The summed E-state index contributed by atoms with van der Waals surface area (Å²) in [6.07, 6.45) is 0. The largest absolute Gasteiger partial charge is 0.487 e. The second-order valence-corrected chi connectivity index (χ2v) is 4.36. The van der Waals surface area contributed by atoms with Crippen molar-refractivity contribution >= 4 is 11.6 Å². The molecule has 100 valence electrons. The van der Waals surface area contributed by atoms with Gasteiger partial charge in [-0.25, -0.2) is 8.78 Å². The van der Waals surface area contributed by atoms with E-state index in [1.165, 1.54) is 12.1 Å². The van der Waals surface area contributed by atoms with E-state index < -0.39 is 11.6 Å². The van der Waals surface area contributed by atoms with Crippen LogP contribution in [0.5, 0.6) is 5.75 Å². The molecule has 2 aromatic rings. The molecule has 0 atom stereocenters. The van der Waals surface area contributed by atoms with Crippen molar-refractivity contribution in [2.75, 3.05) is 0 Å². The Bertz CT molecular complexity index is 567. The highest BCUT2D eigenvalue weighted by molar-refractivity contribution is 6.32. The molecule has 0 spiro atoms. The molecule has 0 aliphatic heterocycles. The Morgan fingerprint density at radius 1 is 1.11 bits per heavy atom. The number of benzene rings is 2. The molecule has 1 N–H and O–H groups in total. The summed E-state index contributed by atoms with van der Waals surface area (Å²) in [5, 5.41) is 9.51. The summed E-state index contributed by atoms with van der Waals surface area (Å²) in [7, 11) is 0. The maximum Gasteiger partial charge on any atom is 0.143 e. The number of ether oxygens (including phenoxy) is 1. The molecule has 0 saturated carbocycles. The second kappa shape index (κ2) is 5.99. The van der Waals surface area contributed by atoms with E-state index >= 15 is 0 Å². The first-order chi connectivity index (χ1) is 9.10. The molecule has 2 aromatic carbocycles. The van der Waals surface area contributed by atoms with Crippen LogP contribution in [0.15, 0.2) is 36.4 Å². The number of halogens is 3. The molecular weight excluding hydrogens is 274 g/mol. The van der Waals surface area contributed by atoms with Gasteiger partial charge in [0.2, 0.25) is 0 Å². The van der Waals surface area contributed by atoms with E-state index in [4.69, 9.17) is 21.4 Å². The van der Waals surface area contributed by atoms with Crippen LogP contribution in [-0.4, -0.2) is 5.11 Å². The third-order valence-corrected chi connectivity index (χ3v) is 2.82. The molecule has 2 nitrogen and oxygen atoms in total. The Kier molecular flexibility index (Phi) is 4.35. The third-order valence-electron chi connectivity index (χ3n) is 2.52. The summed E-state index contributed by atoms with van der Waals surface area (Å²) in [5.41, 5.74) is 0.866. The third kappa shape index (κ3) is 3.43. The molecule has 0 aliphatic rings. The maximum absolute atomic E-state index is 13.0. The first kappa shape index (κ1) is 13.8. The lowest BCUT2D eigenvalue weighted by atomic mass is 10.2. The van der Waals surface area contributed by atoms with Crippen LogP contribution in [0, 0.1) is 11.6 Å². The number of hydrogen-bond acceptors (Lipinski definition) is 2. The van der Waals surface area contributed by atoms with Crippen LogP contribution in [0.25, 0.3) is 0 Å². The summed E-state index contributed by atoms with van der Waals surface area (Å²) in [6, 6.07) is 8.10.